The lowest BCUT2D eigenvalue weighted by molar-refractivity contribution is 0.0600. The number of hydrogen-bond acceptors (Lipinski definition) is 4. The van der Waals surface area contributed by atoms with Gasteiger partial charge in [-0.1, -0.05) is 0 Å². The molecule has 1 rings (SSSR count). The van der Waals surface area contributed by atoms with E-state index in [9.17, 15) is 13.2 Å². The Kier molecular flexibility index (Phi) is 3.28. The van der Waals surface area contributed by atoms with Crippen LogP contribution in [0.2, 0.25) is 0 Å². The number of hydrogen-bond donors (Lipinski definition) is 0. The van der Waals surface area contributed by atoms with Gasteiger partial charge in [0.05, 0.1) is 32.4 Å². The van der Waals surface area contributed by atoms with Gasteiger partial charge in [0.2, 0.25) is 8.27 Å². The van der Waals surface area contributed by atoms with Crippen molar-refractivity contribution in [1.29, 1.82) is 0 Å². The summed E-state index contributed by atoms with van der Waals surface area (Å²) in [4.78, 5) is 11.1. The molecular weight excluding hydrogens is 272 g/mol. The smallest absolute Gasteiger partial charge is 0.337 e. The van der Waals surface area contributed by atoms with Gasteiger partial charge in [0, 0.05) is 0 Å². The second-order valence-electron chi connectivity index (χ2n) is 2.45. The molecule has 4 nitrogen and oxygen atoms in total. The molecule has 0 unspecified atom stereocenters. The van der Waals surface area contributed by atoms with Gasteiger partial charge < -0.3 is 4.74 Å². The first-order valence-corrected chi connectivity index (χ1v) is 6.91. The van der Waals surface area contributed by atoms with E-state index in [4.69, 9.17) is 0 Å². The molecule has 0 atom stereocenters. The highest BCUT2D eigenvalue weighted by atomic mass is 79.9. The van der Waals surface area contributed by atoms with Crippen LogP contribution in [0.25, 0.3) is 0 Å². The average Bonchev–Trinajstić information content (AvgIpc) is 2.15. The van der Waals surface area contributed by atoms with E-state index in [0.29, 0.717) is 5.56 Å². The zero-order valence-electron chi connectivity index (χ0n) is 7.23. The Morgan fingerprint density at radius 1 is 1.29 bits per heavy atom. The number of carbonyl (C=O) groups is 1. The summed E-state index contributed by atoms with van der Waals surface area (Å²) >= 11 is 2.52. The van der Waals surface area contributed by atoms with Crippen LogP contribution in [0.4, 0.5) is 0 Å². The Hall–Kier alpha value is -0.880. The molecule has 0 radical (unpaired) electrons. The molecule has 0 saturated heterocycles. The second kappa shape index (κ2) is 4.10. The lowest BCUT2D eigenvalue weighted by Crippen LogP contribution is -2.01. The molecule has 6 heteroatoms. The molecule has 1 aromatic rings. The maximum Gasteiger partial charge on any atom is 0.337 e. The van der Waals surface area contributed by atoms with Gasteiger partial charge in [0.15, 0.2) is 0 Å². The van der Waals surface area contributed by atoms with Gasteiger partial charge in [-0.15, -0.1) is 0 Å². The summed E-state index contributed by atoms with van der Waals surface area (Å²) in [6.45, 7) is 0. The molecule has 0 fully saturated rings. The largest absolute Gasteiger partial charge is 0.465 e. The van der Waals surface area contributed by atoms with E-state index in [1.54, 1.807) is 0 Å². The van der Waals surface area contributed by atoms with Crippen molar-refractivity contribution < 1.29 is 17.9 Å². The van der Waals surface area contributed by atoms with E-state index in [2.05, 4.69) is 19.5 Å². The quantitative estimate of drug-likeness (QED) is 0.609. The summed E-state index contributed by atoms with van der Waals surface area (Å²) in [6.07, 6.45) is 0. The Morgan fingerprint density at radius 2 is 1.79 bits per heavy atom. The van der Waals surface area contributed by atoms with Crippen LogP contribution < -0.4 is 0 Å². The summed E-state index contributed by atoms with van der Waals surface area (Å²) in [5, 5.41) is 0. The molecule has 0 heterocycles. The van der Waals surface area contributed by atoms with Crippen LogP contribution in [0.5, 0.6) is 0 Å². The minimum Gasteiger partial charge on any atom is -0.465 e. The predicted molar refractivity (Wildman–Crippen MR) is 53.9 cm³/mol. The van der Waals surface area contributed by atoms with Crippen LogP contribution in [-0.2, 0) is 13.0 Å². The van der Waals surface area contributed by atoms with Crippen molar-refractivity contribution in [3.05, 3.63) is 29.8 Å². The van der Waals surface area contributed by atoms with Gasteiger partial charge in [0.1, 0.15) is 0 Å². The summed E-state index contributed by atoms with van der Waals surface area (Å²) in [7, 11) is -2.13. The highest BCUT2D eigenvalue weighted by Gasteiger charge is 2.10. The molecule has 1 aromatic carbocycles. The summed E-state index contributed by atoms with van der Waals surface area (Å²) in [6, 6.07) is 5.44. The van der Waals surface area contributed by atoms with Gasteiger partial charge in [-0.05, 0) is 24.3 Å². The standard InChI is InChI=1S/C8H7BrO4S/c1-13-8(10)6-2-4-7(5-3-6)14(9,11)12/h2-5H,1H3. The summed E-state index contributed by atoms with van der Waals surface area (Å²) in [5.74, 6) is -0.497. The molecule has 0 saturated carbocycles. The third kappa shape index (κ3) is 2.55. The molecule has 0 bridgehead atoms. The molecule has 0 aliphatic heterocycles. The Morgan fingerprint density at radius 3 is 2.14 bits per heavy atom. The summed E-state index contributed by atoms with van der Waals surface area (Å²) < 4.78 is 26.4. The van der Waals surface area contributed by atoms with Crippen molar-refractivity contribution in [3.63, 3.8) is 0 Å². The van der Waals surface area contributed by atoms with Crippen LogP contribution in [0.1, 0.15) is 10.4 Å². The molecule has 76 valence electrons. The first-order valence-electron chi connectivity index (χ1n) is 3.58. The minimum atomic E-state index is -3.39. The predicted octanol–water partition coefficient (Wildman–Crippen LogP) is 1.56. The van der Waals surface area contributed by atoms with Crippen LogP contribution in [0, 0.1) is 0 Å². The number of esters is 1. The maximum atomic E-state index is 11.0. The molecule has 0 aromatic heterocycles. The van der Waals surface area contributed by atoms with E-state index >= 15 is 0 Å². The molecule has 0 aliphatic carbocycles. The fraction of sp³-hybridized carbons (Fsp3) is 0.125. The lowest BCUT2D eigenvalue weighted by Gasteiger charge is -1.99. The zero-order chi connectivity index (χ0) is 10.8. The van der Waals surface area contributed by atoms with Crippen molar-refractivity contribution in [2.75, 3.05) is 7.11 Å². The average molecular weight is 279 g/mol. The number of ether oxygens (including phenoxy) is 1. The Labute approximate surface area is 89.0 Å². The SMILES string of the molecule is COC(=O)c1ccc(S(=O)(=O)Br)cc1. The van der Waals surface area contributed by atoms with Gasteiger partial charge in [-0.3, -0.25) is 0 Å². The highest BCUT2D eigenvalue weighted by molar-refractivity contribution is 9.47. The second-order valence-corrected chi connectivity index (χ2v) is 6.36. The van der Waals surface area contributed by atoms with E-state index in [1.807, 2.05) is 0 Å². The van der Waals surface area contributed by atoms with Crippen LogP contribution >= 0.6 is 14.8 Å². The van der Waals surface area contributed by atoms with Crippen molar-refractivity contribution in [2.45, 2.75) is 4.90 Å². The molecule has 0 N–H and O–H groups in total. The Bertz CT molecular complexity index is 435. The van der Waals surface area contributed by atoms with Gasteiger partial charge in [-0.2, -0.15) is 0 Å². The van der Waals surface area contributed by atoms with Crippen LogP contribution in [0.3, 0.4) is 0 Å². The molecule has 0 aliphatic rings. The van der Waals surface area contributed by atoms with Crippen molar-refractivity contribution in [1.82, 2.24) is 0 Å². The lowest BCUT2D eigenvalue weighted by atomic mass is 10.2. The third-order valence-electron chi connectivity index (χ3n) is 1.56. The minimum absolute atomic E-state index is 0.102. The first-order chi connectivity index (χ1) is 6.45. The number of halogens is 1. The molecule has 0 spiro atoms. The zero-order valence-corrected chi connectivity index (χ0v) is 9.63. The van der Waals surface area contributed by atoms with Gasteiger partial charge in [-0.25, -0.2) is 13.2 Å². The molecular formula is C8H7BrO4S. The molecule has 0 amide bonds. The maximum absolute atomic E-state index is 11.0. The van der Waals surface area contributed by atoms with Crippen molar-refractivity contribution in [3.8, 4) is 0 Å². The van der Waals surface area contributed by atoms with Gasteiger partial charge in [0.25, 0.3) is 0 Å². The number of rotatable bonds is 2. The highest BCUT2D eigenvalue weighted by Crippen LogP contribution is 2.17. The van der Waals surface area contributed by atoms with Gasteiger partial charge >= 0.3 is 5.97 Å². The Balaban J connectivity index is 3.07. The van der Waals surface area contributed by atoms with E-state index in [0.717, 1.165) is 0 Å². The number of methoxy groups -OCH3 is 1. The topological polar surface area (TPSA) is 60.4 Å². The fourth-order valence-electron chi connectivity index (χ4n) is 0.871. The van der Waals surface area contributed by atoms with Crippen molar-refractivity contribution in [2.24, 2.45) is 0 Å². The number of benzene rings is 1. The first kappa shape index (κ1) is 11.2. The van der Waals surface area contributed by atoms with Crippen LogP contribution in [-0.4, -0.2) is 21.5 Å². The number of carbonyl (C=O) groups excluding carboxylic acids is 1. The normalized spacial score (nSPS) is 11.0. The van der Waals surface area contributed by atoms with E-state index < -0.39 is 14.2 Å². The summed E-state index contributed by atoms with van der Waals surface area (Å²) in [5.41, 5.74) is 0.312. The third-order valence-corrected chi connectivity index (χ3v) is 3.51. The van der Waals surface area contributed by atoms with E-state index in [1.165, 1.54) is 31.4 Å². The van der Waals surface area contributed by atoms with Crippen LogP contribution in [0.15, 0.2) is 29.2 Å². The molecule has 14 heavy (non-hydrogen) atoms. The fourth-order valence-corrected chi connectivity index (χ4v) is 1.98. The van der Waals surface area contributed by atoms with Crippen molar-refractivity contribution >= 4 is 29.1 Å². The monoisotopic (exact) mass is 278 g/mol. The van der Waals surface area contributed by atoms with E-state index in [-0.39, 0.29) is 4.90 Å².